The molecule has 5 heteroatoms. The summed E-state index contributed by atoms with van der Waals surface area (Å²) in [7, 11) is 0. The molecule has 4 rings (SSSR count). The molecule has 0 N–H and O–H groups in total. The van der Waals surface area contributed by atoms with Crippen molar-refractivity contribution in [1.82, 2.24) is 19.4 Å². The Morgan fingerprint density at radius 3 is 2.71 bits per heavy atom. The summed E-state index contributed by atoms with van der Waals surface area (Å²) in [6.45, 7) is 5.73. The van der Waals surface area contributed by atoms with E-state index in [0.717, 1.165) is 59.7 Å². The lowest BCUT2D eigenvalue weighted by molar-refractivity contribution is 0.0793. The zero-order valence-electron chi connectivity index (χ0n) is 14.0. The minimum Gasteiger partial charge on any atom is -0.339 e. The van der Waals surface area contributed by atoms with Gasteiger partial charge in [-0.2, -0.15) is 0 Å². The monoisotopic (exact) mass is 320 g/mol. The van der Waals surface area contributed by atoms with Gasteiger partial charge >= 0.3 is 0 Å². The van der Waals surface area contributed by atoms with Crippen molar-refractivity contribution in [1.29, 1.82) is 0 Å². The molecule has 1 saturated heterocycles. The van der Waals surface area contributed by atoms with Gasteiger partial charge in [0.1, 0.15) is 11.3 Å². The Balaban J connectivity index is 1.84. The number of aryl methyl sites for hydroxylation is 2. The first kappa shape index (κ1) is 14.9. The molecule has 3 heterocycles. The van der Waals surface area contributed by atoms with Crippen LogP contribution >= 0.6 is 0 Å². The second kappa shape index (κ2) is 5.74. The third kappa shape index (κ3) is 2.37. The lowest BCUT2D eigenvalue weighted by atomic mass is 10.1. The number of hydrogen-bond donors (Lipinski definition) is 0. The first-order valence-corrected chi connectivity index (χ1v) is 8.35. The molecule has 1 aliphatic heterocycles. The molecule has 1 aromatic carbocycles. The van der Waals surface area contributed by atoms with E-state index in [9.17, 15) is 4.79 Å². The molecule has 2 aromatic heterocycles. The highest BCUT2D eigenvalue weighted by Crippen LogP contribution is 2.24. The molecular weight excluding hydrogens is 300 g/mol. The maximum Gasteiger partial charge on any atom is 0.253 e. The summed E-state index contributed by atoms with van der Waals surface area (Å²) in [5, 5.41) is 0. The number of imidazole rings is 1. The molecule has 1 amide bonds. The van der Waals surface area contributed by atoms with Gasteiger partial charge in [0.15, 0.2) is 5.65 Å². The van der Waals surface area contributed by atoms with Gasteiger partial charge in [-0.15, -0.1) is 0 Å². The molecular formula is C19H20N4O. The Hall–Kier alpha value is -2.69. The average molecular weight is 320 g/mol. The molecule has 1 fully saturated rings. The molecule has 5 nitrogen and oxygen atoms in total. The lowest BCUT2D eigenvalue weighted by Gasteiger charge is -2.17. The fourth-order valence-corrected chi connectivity index (χ4v) is 3.40. The molecule has 122 valence electrons. The highest BCUT2D eigenvalue weighted by atomic mass is 16.2. The third-order valence-corrected chi connectivity index (χ3v) is 4.67. The van der Waals surface area contributed by atoms with E-state index in [2.05, 4.69) is 9.97 Å². The summed E-state index contributed by atoms with van der Waals surface area (Å²) >= 11 is 0. The van der Waals surface area contributed by atoms with Crippen LogP contribution in [0.2, 0.25) is 0 Å². The number of rotatable bonds is 2. The minimum atomic E-state index is 0.115. The van der Waals surface area contributed by atoms with Crippen LogP contribution < -0.4 is 0 Å². The summed E-state index contributed by atoms with van der Waals surface area (Å²) in [6, 6.07) is 9.74. The fraction of sp³-hybridized carbons (Fsp3) is 0.316. The van der Waals surface area contributed by atoms with Crippen molar-refractivity contribution in [2.24, 2.45) is 0 Å². The highest BCUT2D eigenvalue weighted by molar-refractivity contribution is 5.95. The van der Waals surface area contributed by atoms with E-state index in [1.165, 1.54) is 0 Å². The average Bonchev–Trinajstić information content (AvgIpc) is 3.22. The van der Waals surface area contributed by atoms with Crippen LogP contribution in [0, 0.1) is 13.8 Å². The number of likely N-dealkylation sites (tertiary alicyclic amines) is 1. The summed E-state index contributed by atoms with van der Waals surface area (Å²) < 4.78 is 2.03. The molecule has 24 heavy (non-hydrogen) atoms. The Bertz CT molecular complexity index is 922. The summed E-state index contributed by atoms with van der Waals surface area (Å²) in [4.78, 5) is 23.7. The number of hydrogen-bond acceptors (Lipinski definition) is 3. The van der Waals surface area contributed by atoms with Crippen molar-refractivity contribution in [3.05, 3.63) is 53.5 Å². The maximum atomic E-state index is 12.7. The van der Waals surface area contributed by atoms with E-state index in [-0.39, 0.29) is 5.91 Å². The molecule has 0 saturated carbocycles. The maximum absolute atomic E-state index is 12.7. The first-order chi connectivity index (χ1) is 11.6. The van der Waals surface area contributed by atoms with Crippen molar-refractivity contribution < 1.29 is 4.79 Å². The highest BCUT2D eigenvalue weighted by Gasteiger charge is 2.21. The minimum absolute atomic E-state index is 0.115. The quantitative estimate of drug-likeness (QED) is 0.728. The number of nitrogens with zero attached hydrogens (tertiary/aromatic N) is 4. The van der Waals surface area contributed by atoms with Gasteiger partial charge in [-0.3, -0.25) is 9.36 Å². The number of benzene rings is 1. The number of pyridine rings is 1. The van der Waals surface area contributed by atoms with Gasteiger partial charge in [0.05, 0.1) is 5.69 Å². The summed E-state index contributed by atoms with van der Waals surface area (Å²) in [5.74, 6) is 0.987. The van der Waals surface area contributed by atoms with E-state index < -0.39 is 0 Å². The SMILES string of the molecule is Cc1ccc(C(=O)N2CCCC2)cc1-n1c(C)nc2cccnc21. The van der Waals surface area contributed by atoms with Crippen LogP contribution in [0.1, 0.15) is 34.6 Å². The van der Waals surface area contributed by atoms with E-state index in [1.807, 2.05) is 53.6 Å². The topological polar surface area (TPSA) is 51.0 Å². The van der Waals surface area contributed by atoms with Gasteiger partial charge in [-0.05, 0) is 56.5 Å². The number of fused-ring (bicyclic) bond motifs is 1. The predicted octanol–water partition coefficient (Wildman–Crippen LogP) is 3.27. The number of aromatic nitrogens is 3. The van der Waals surface area contributed by atoms with Gasteiger partial charge in [-0.25, -0.2) is 9.97 Å². The summed E-state index contributed by atoms with van der Waals surface area (Å²) in [5.41, 5.74) is 4.49. The predicted molar refractivity (Wildman–Crippen MR) is 93.5 cm³/mol. The second-order valence-electron chi connectivity index (χ2n) is 6.34. The molecule has 0 aliphatic carbocycles. The van der Waals surface area contributed by atoms with Crippen LogP contribution in [0.4, 0.5) is 0 Å². The van der Waals surface area contributed by atoms with Crippen LogP contribution in [0.15, 0.2) is 36.5 Å². The number of carbonyl (C=O) groups excluding carboxylic acids is 1. The number of carbonyl (C=O) groups is 1. The first-order valence-electron chi connectivity index (χ1n) is 8.35. The Morgan fingerprint density at radius 1 is 1.12 bits per heavy atom. The van der Waals surface area contributed by atoms with E-state index in [4.69, 9.17) is 0 Å². The zero-order chi connectivity index (χ0) is 16.7. The zero-order valence-corrected chi connectivity index (χ0v) is 14.0. The van der Waals surface area contributed by atoms with Crippen molar-refractivity contribution in [3.8, 4) is 5.69 Å². The molecule has 0 unspecified atom stereocenters. The molecule has 1 aliphatic rings. The molecule has 3 aromatic rings. The van der Waals surface area contributed by atoms with Crippen molar-refractivity contribution in [2.75, 3.05) is 13.1 Å². The largest absolute Gasteiger partial charge is 0.339 e. The standard InChI is InChI=1S/C19H20N4O/c1-13-7-8-15(19(24)22-10-3-4-11-22)12-17(13)23-14(2)21-16-6-5-9-20-18(16)23/h5-9,12H,3-4,10-11H2,1-2H3. The van der Waals surface area contributed by atoms with Crippen LogP contribution in [0.3, 0.4) is 0 Å². The lowest BCUT2D eigenvalue weighted by Crippen LogP contribution is -2.27. The molecule has 0 bridgehead atoms. The Kier molecular flexibility index (Phi) is 3.56. The van der Waals surface area contributed by atoms with E-state index >= 15 is 0 Å². The second-order valence-corrected chi connectivity index (χ2v) is 6.34. The van der Waals surface area contributed by atoms with E-state index in [1.54, 1.807) is 6.20 Å². The van der Waals surface area contributed by atoms with Gasteiger partial charge in [0.25, 0.3) is 5.91 Å². The van der Waals surface area contributed by atoms with Crippen molar-refractivity contribution >= 4 is 17.1 Å². The van der Waals surface area contributed by atoms with Crippen LogP contribution in [0.25, 0.3) is 16.9 Å². The third-order valence-electron chi connectivity index (χ3n) is 4.67. The van der Waals surface area contributed by atoms with Crippen LogP contribution in [-0.4, -0.2) is 38.4 Å². The van der Waals surface area contributed by atoms with Gasteiger partial charge < -0.3 is 4.90 Å². The summed E-state index contributed by atoms with van der Waals surface area (Å²) in [6.07, 6.45) is 3.97. The Morgan fingerprint density at radius 2 is 1.92 bits per heavy atom. The molecule has 0 spiro atoms. The van der Waals surface area contributed by atoms with E-state index in [0.29, 0.717) is 0 Å². The molecule has 0 atom stereocenters. The normalized spacial score (nSPS) is 14.5. The fourth-order valence-electron chi connectivity index (χ4n) is 3.40. The van der Waals surface area contributed by atoms with Crippen LogP contribution in [0.5, 0.6) is 0 Å². The van der Waals surface area contributed by atoms with Crippen molar-refractivity contribution in [2.45, 2.75) is 26.7 Å². The number of amides is 1. The smallest absolute Gasteiger partial charge is 0.253 e. The van der Waals surface area contributed by atoms with Crippen molar-refractivity contribution in [3.63, 3.8) is 0 Å². The van der Waals surface area contributed by atoms with Gasteiger partial charge in [0, 0.05) is 24.8 Å². The molecule has 0 radical (unpaired) electrons. The van der Waals surface area contributed by atoms with Crippen LogP contribution in [-0.2, 0) is 0 Å². The van der Waals surface area contributed by atoms with Gasteiger partial charge in [-0.1, -0.05) is 6.07 Å². The Labute approximate surface area is 140 Å². The van der Waals surface area contributed by atoms with Gasteiger partial charge in [0.2, 0.25) is 0 Å².